The Kier molecular flexibility index (Phi) is 7.62. The molecule has 0 spiro atoms. The van der Waals surface area contributed by atoms with Crippen molar-refractivity contribution in [1.82, 2.24) is 10.2 Å². The zero-order valence-corrected chi connectivity index (χ0v) is 9.71. The molecule has 0 atom stereocenters. The van der Waals surface area contributed by atoms with Crippen molar-refractivity contribution in [2.45, 2.75) is 19.8 Å². The number of nitrogens with zero attached hydrogens (tertiary/aromatic N) is 1. The molecule has 0 rings (SSSR count). The summed E-state index contributed by atoms with van der Waals surface area (Å²) in [6.07, 6.45) is 1.88. The first kappa shape index (κ1) is 13.9. The van der Waals surface area contributed by atoms with Crippen molar-refractivity contribution in [2.75, 3.05) is 33.8 Å². The van der Waals surface area contributed by atoms with Crippen molar-refractivity contribution in [2.24, 2.45) is 0 Å². The normalized spacial score (nSPS) is 9.80. The Labute approximate surface area is 90.8 Å². The largest absolute Gasteiger partial charge is 0.465 e. The Morgan fingerprint density at radius 2 is 1.93 bits per heavy atom. The first-order valence-electron chi connectivity index (χ1n) is 5.14. The SMILES string of the molecule is CCCCOC(=O)CNCC(=O)N(C)C. The maximum atomic E-state index is 11.1. The van der Waals surface area contributed by atoms with Gasteiger partial charge in [0.25, 0.3) is 0 Å². The number of rotatable bonds is 7. The van der Waals surface area contributed by atoms with Gasteiger partial charge in [0.15, 0.2) is 0 Å². The van der Waals surface area contributed by atoms with Gasteiger partial charge in [-0.25, -0.2) is 0 Å². The summed E-state index contributed by atoms with van der Waals surface area (Å²) in [7, 11) is 3.34. The quantitative estimate of drug-likeness (QED) is 0.481. The van der Waals surface area contributed by atoms with E-state index in [-0.39, 0.29) is 25.0 Å². The van der Waals surface area contributed by atoms with E-state index in [9.17, 15) is 9.59 Å². The molecule has 15 heavy (non-hydrogen) atoms. The van der Waals surface area contributed by atoms with Crippen LogP contribution in [0.1, 0.15) is 19.8 Å². The Bertz CT molecular complexity index is 205. The maximum Gasteiger partial charge on any atom is 0.319 e. The Hall–Kier alpha value is -1.10. The van der Waals surface area contributed by atoms with Crippen molar-refractivity contribution in [1.29, 1.82) is 0 Å². The second-order valence-electron chi connectivity index (χ2n) is 3.47. The van der Waals surface area contributed by atoms with Gasteiger partial charge in [-0.2, -0.15) is 0 Å². The molecule has 0 aromatic rings. The Morgan fingerprint density at radius 1 is 1.27 bits per heavy atom. The fraction of sp³-hybridized carbons (Fsp3) is 0.800. The minimum Gasteiger partial charge on any atom is -0.465 e. The average Bonchev–Trinajstić information content (AvgIpc) is 2.18. The molecule has 1 amide bonds. The average molecular weight is 216 g/mol. The van der Waals surface area contributed by atoms with Gasteiger partial charge in [-0.15, -0.1) is 0 Å². The van der Waals surface area contributed by atoms with Crippen molar-refractivity contribution < 1.29 is 14.3 Å². The van der Waals surface area contributed by atoms with Gasteiger partial charge in [-0.1, -0.05) is 13.3 Å². The highest BCUT2D eigenvalue weighted by molar-refractivity contribution is 5.78. The summed E-state index contributed by atoms with van der Waals surface area (Å²) in [5, 5.41) is 2.73. The number of likely N-dealkylation sites (N-methyl/N-ethyl adjacent to an activating group) is 1. The lowest BCUT2D eigenvalue weighted by atomic mass is 10.4. The highest BCUT2D eigenvalue weighted by Gasteiger charge is 2.05. The third-order valence-corrected chi connectivity index (χ3v) is 1.81. The molecule has 0 bridgehead atoms. The van der Waals surface area contributed by atoms with Crippen LogP contribution < -0.4 is 5.32 Å². The van der Waals surface area contributed by atoms with Crippen molar-refractivity contribution >= 4 is 11.9 Å². The molecule has 0 fully saturated rings. The highest BCUT2D eigenvalue weighted by atomic mass is 16.5. The van der Waals surface area contributed by atoms with Gasteiger partial charge in [0, 0.05) is 14.1 Å². The summed E-state index contributed by atoms with van der Waals surface area (Å²) in [6.45, 7) is 2.74. The minimum atomic E-state index is -0.310. The summed E-state index contributed by atoms with van der Waals surface area (Å²) in [5.74, 6) is -0.369. The lowest BCUT2D eigenvalue weighted by molar-refractivity contribution is -0.142. The number of hydrogen-bond acceptors (Lipinski definition) is 4. The van der Waals surface area contributed by atoms with E-state index in [1.807, 2.05) is 6.92 Å². The number of carbonyl (C=O) groups excluding carboxylic acids is 2. The molecule has 5 nitrogen and oxygen atoms in total. The van der Waals surface area contributed by atoms with Crippen LogP contribution in [0, 0.1) is 0 Å². The highest BCUT2D eigenvalue weighted by Crippen LogP contribution is 1.87. The van der Waals surface area contributed by atoms with Crippen LogP contribution in [0.15, 0.2) is 0 Å². The number of unbranched alkanes of at least 4 members (excludes halogenated alkanes) is 1. The molecule has 0 aliphatic carbocycles. The van der Waals surface area contributed by atoms with E-state index in [0.29, 0.717) is 6.61 Å². The van der Waals surface area contributed by atoms with Crippen molar-refractivity contribution in [3.05, 3.63) is 0 Å². The molecule has 5 heteroatoms. The first-order chi connectivity index (χ1) is 7.07. The fourth-order valence-electron chi connectivity index (χ4n) is 0.811. The summed E-state index contributed by atoms with van der Waals surface area (Å²) >= 11 is 0. The van der Waals surface area contributed by atoms with E-state index >= 15 is 0 Å². The smallest absolute Gasteiger partial charge is 0.319 e. The van der Waals surface area contributed by atoms with Gasteiger partial charge in [-0.05, 0) is 6.42 Å². The van der Waals surface area contributed by atoms with E-state index in [0.717, 1.165) is 12.8 Å². The lowest BCUT2D eigenvalue weighted by Crippen LogP contribution is -2.36. The lowest BCUT2D eigenvalue weighted by Gasteiger charge is -2.10. The molecular weight excluding hydrogens is 196 g/mol. The molecule has 1 N–H and O–H groups in total. The maximum absolute atomic E-state index is 11.1. The van der Waals surface area contributed by atoms with Crippen LogP contribution in [-0.4, -0.2) is 50.6 Å². The molecule has 0 aromatic carbocycles. The van der Waals surface area contributed by atoms with Crippen LogP contribution in [0.25, 0.3) is 0 Å². The van der Waals surface area contributed by atoms with Crippen LogP contribution in [-0.2, 0) is 14.3 Å². The molecular formula is C10H20N2O3. The van der Waals surface area contributed by atoms with Crippen LogP contribution >= 0.6 is 0 Å². The van der Waals surface area contributed by atoms with Gasteiger partial charge < -0.3 is 9.64 Å². The van der Waals surface area contributed by atoms with Gasteiger partial charge in [0.1, 0.15) is 0 Å². The molecule has 0 radical (unpaired) electrons. The van der Waals surface area contributed by atoms with Crippen LogP contribution in [0.5, 0.6) is 0 Å². The molecule has 88 valence electrons. The molecule has 0 aliphatic heterocycles. The number of ether oxygens (including phenoxy) is 1. The zero-order valence-electron chi connectivity index (χ0n) is 9.71. The van der Waals surface area contributed by atoms with Crippen molar-refractivity contribution in [3.63, 3.8) is 0 Å². The first-order valence-corrected chi connectivity index (χ1v) is 5.14. The van der Waals surface area contributed by atoms with Gasteiger partial charge in [0.05, 0.1) is 19.7 Å². The number of amides is 1. The molecule has 0 aliphatic rings. The monoisotopic (exact) mass is 216 g/mol. The number of hydrogen-bond donors (Lipinski definition) is 1. The summed E-state index contributed by atoms with van der Waals surface area (Å²) in [6, 6.07) is 0. The van der Waals surface area contributed by atoms with Gasteiger partial charge in [0.2, 0.25) is 5.91 Å². The Balaban J connectivity index is 3.42. The fourth-order valence-corrected chi connectivity index (χ4v) is 0.811. The zero-order chi connectivity index (χ0) is 11.7. The number of nitrogens with one attached hydrogen (secondary N) is 1. The molecule has 0 aromatic heterocycles. The summed E-state index contributed by atoms with van der Waals surface area (Å²) < 4.78 is 4.90. The number of carbonyl (C=O) groups is 2. The molecule has 0 saturated carbocycles. The number of esters is 1. The summed E-state index contributed by atoms with van der Waals surface area (Å²) in [4.78, 5) is 23.6. The Morgan fingerprint density at radius 3 is 2.47 bits per heavy atom. The second kappa shape index (κ2) is 8.23. The van der Waals surface area contributed by atoms with E-state index in [4.69, 9.17) is 4.74 Å². The third-order valence-electron chi connectivity index (χ3n) is 1.81. The molecule has 0 heterocycles. The standard InChI is InChI=1S/C10H20N2O3/c1-4-5-6-15-10(14)8-11-7-9(13)12(2)3/h11H,4-8H2,1-3H3. The van der Waals surface area contributed by atoms with E-state index in [2.05, 4.69) is 5.32 Å². The van der Waals surface area contributed by atoms with Gasteiger partial charge >= 0.3 is 5.97 Å². The third kappa shape index (κ3) is 7.93. The van der Waals surface area contributed by atoms with E-state index in [1.165, 1.54) is 4.90 Å². The second-order valence-corrected chi connectivity index (χ2v) is 3.47. The van der Waals surface area contributed by atoms with Crippen molar-refractivity contribution in [3.8, 4) is 0 Å². The van der Waals surface area contributed by atoms with Crippen LogP contribution in [0.4, 0.5) is 0 Å². The predicted molar refractivity (Wildman–Crippen MR) is 57.4 cm³/mol. The topological polar surface area (TPSA) is 58.6 Å². The van der Waals surface area contributed by atoms with Gasteiger partial charge in [-0.3, -0.25) is 14.9 Å². The molecule has 0 saturated heterocycles. The van der Waals surface area contributed by atoms with E-state index < -0.39 is 0 Å². The van der Waals surface area contributed by atoms with Crippen LogP contribution in [0.2, 0.25) is 0 Å². The van der Waals surface area contributed by atoms with E-state index in [1.54, 1.807) is 14.1 Å². The molecule has 0 unspecified atom stereocenters. The summed E-state index contributed by atoms with van der Waals surface area (Å²) in [5.41, 5.74) is 0. The predicted octanol–water partition coefficient (Wildman–Crippen LogP) is 0.00750. The minimum absolute atomic E-state index is 0.0589. The van der Waals surface area contributed by atoms with Crippen LogP contribution in [0.3, 0.4) is 0 Å².